The van der Waals surface area contributed by atoms with Crippen LogP contribution >= 0.6 is 0 Å². The number of aldehydes is 1. The number of hydrogen-bond acceptors (Lipinski definition) is 3. The van der Waals surface area contributed by atoms with Crippen molar-refractivity contribution in [1.29, 1.82) is 0 Å². The summed E-state index contributed by atoms with van der Waals surface area (Å²) >= 11 is 0. The first-order chi connectivity index (χ1) is 5.63. The standard InChI is InChI=1S/C9H13NO2/c1-7-4-8(5-10(2)3)9(6-11)12-7/h4,6H,5H2,1-3H3. The molecule has 3 heteroatoms. The Bertz CT molecular complexity index is 276. The lowest BCUT2D eigenvalue weighted by molar-refractivity contribution is 0.109. The monoisotopic (exact) mass is 167 g/mol. The molecule has 1 aromatic heterocycles. The summed E-state index contributed by atoms with van der Waals surface area (Å²) in [6.07, 6.45) is 0.756. The summed E-state index contributed by atoms with van der Waals surface area (Å²) < 4.78 is 5.17. The highest BCUT2D eigenvalue weighted by molar-refractivity contribution is 5.73. The molecular formula is C9H13NO2. The molecule has 66 valence electrons. The van der Waals surface area contributed by atoms with Crippen LogP contribution in [0.25, 0.3) is 0 Å². The quantitative estimate of drug-likeness (QED) is 0.639. The van der Waals surface area contributed by atoms with E-state index in [1.807, 2.05) is 32.0 Å². The van der Waals surface area contributed by atoms with Gasteiger partial charge >= 0.3 is 0 Å². The van der Waals surface area contributed by atoms with Gasteiger partial charge in [0.25, 0.3) is 0 Å². The summed E-state index contributed by atoms with van der Waals surface area (Å²) in [5.41, 5.74) is 0.951. The molecule has 1 heterocycles. The van der Waals surface area contributed by atoms with Crippen molar-refractivity contribution in [1.82, 2.24) is 4.90 Å². The molecule has 0 atom stereocenters. The van der Waals surface area contributed by atoms with Crippen LogP contribution in [-0.2, 0) is 6.54 Å². The molecule has 3 nitrogen and oxygen atoms in total. The molecule has 0 unspecified atom stereocenters. The zero-order valence-electron chi connectivity index (χ0n) is 7.63. The van der Waals surface area contributed by atoms with Crippen LogP contribution in [0.15, 0.2) is 10.5 Å². The Morgan fingerprint density at radius 2 is 2.25 bits per heavy atom. The summed E-state index contributed by atoms with van der Waals surface area (Å²) in [6, 6.07) is 1.89. The predicted octanol–water partition coefficient (Wildman–Crippen LogP) is 1.46. The fourth-order valence-corrected chi connectivity index (χ4v) is 1.15. The number of carbonyl (C=O) groups excluding carboxylic acids is 1. The van der Waals surface area contributed by atoms with E-state index < -0.39 is 0 Å². The first-order valence-electron chi connectivity index (χ1n) is 3.82. The van der Waals surface area contributed by atoms with Crippen LogP contribution in [0.2, 0.25) is 0 Å². The summed E-state index contributed by atoms with van der Waals surface area (Å²) in [6.45, 7) is 2.58. The van der Waals surface area contributed by atoms with Gasteiger partial charge in [0, 0.05) is 12.1 Å². The molecule has 0 aliphatic carbocycles. The zero-order valence-corrected chi connectivity index (χ0v) is 7.63. The molecule has 12 heavy (non-hydrogen) atoms. The van der Waals surface area contributed by atoms with Gasteiger partial charge < -0.3 is 9.32 Å². The Morgan fingerprint density at radius 1 is 1.58 bits per heavy atom. The van der Waals surface area contributed by atoms with E-state index in [-0.39, 0.29) is 0 Å². The van der Waals surface area contributed by atoms with Crippen LogP contribution in [0.3, 0.4) is 0 Å². The second-order valence-corrected chi connectivity index (χ2v) is 3.10. The van der Waals surface area contributed by atoms with Crippen molar-refractivity contribution in [3.63, 3.8) is 0 Å². The highest BCUT2D eigenvalue weighted by atomic mass is 16.3. The second kappa shape index (κ2) is 3.54. The van der Waals surface area contributed by atoms with Crippen LogP contribution < -0.4 is 0 Å². The van der Waals surface area contributed by atoms with Crippen LogP contribution in [0.1, 0.15) is 21.9 Å². The van der Waals surface area contributed by atoms with Crippen molar-refractivity contribution in [3.8, 4) is 0 Å². The van der Waals surface area contributed by atoms with Crippen molar-refractivity contribution in [2.75, 3.05) is 14.1 Å². The molecule has 0 saturated carbocycles. The van der Waals surface area contributed by atoms with Crippen LogP contribution in [0, 0.1) is 6.92 Å². The molecule has 0 saturated heterocycles. The summed E-state index contributed by atoms with van der Waals surface area (Å²) in [4.78, 5) is 12.5. The highest BCUT2D eigenvalue weighted by Gasteiger charge is 2.07. The second-order valence-electron chi connectivity index (χ2n) is 3.10. The Balaban J connectivity index is 2.89. The molecular weight excluding hydrogens is 154 g/mol. The van der Waals surface area contributed by atoms with Crippen molar-refractivity contribution in [3.05, 3.63) is 23.2 Å². The molecule has 0 N–H and O–H groups in total. The molecule has 0 amide bonds. The molecule has 0 aliphatic rings. The minimum absolute atomic E-state index is 0.446. The van der Waals surface area contributed by atoms with Gasteiger partial charge in [-0.15, -0.1) is 0 Å². The maximum Gasteiger partial charge on any atom is 0.185 e. The fraction of sp³-hybridized carbons (Fsp3) is 0.444. The van der Waals surface area contributed by atoms with Crippen LogP contribution in [-0.4, -0.2) is 25.3 Å². The Kier molecular flexibility index (Phi) is 2.65. The lowest BCUT2D eigenvalue weighted by atomic mass is 10.2. The Labute approximate surface area is 72.0 Å². The minimum Gasteiger partial charge on any atom is -0.458 e. The van der Waals surface area contributed by atoms with E-state index in [2.05, 4.69) is 0 Å². The number of aryl methyl sites for hydroxylation is 1. The van der Waals surface area contributed by atoms with Gasteiger partial charge in [-0.25, -0.2) is 0 Å². The van der Waals surface area contributed by atoms with Crippen molar-refractivity contribution in [2.24, 2.45) is 0 Å². The van der Waals surface area contributed by atoms with E-state index >= 15 is 0 Å². The van der Waals surface area contributed by atoms with Gasteiger partial charge in [-0.1, -0.05) is 0 Å². The lowest BCUT2D eigenvalue weighted by Crippen LogP contribution is -2.11. The van der Waals surface area contributed by atoms with Gasteiger partial charge in [-0.05, 0) is 27.1 Å². The fourth-order valence-electron chi connectivity index (χ4n) is 1.15. The highest BCUT2D eigenvalue weighted by Crippen LogP contribution is 2.13. The maximum atomic E-state index is 10.5. The Hall–Kier alpha value is -1.09. The van der Waals surface area contributed by atoms with E-state index in [1.54, 1.807) is 0 Å². The average molecular weight is 167 g/mol. The van der Waals surface area contributed by atoms with E-state index in [4.69, 9.17) is 4.42 Å². The van der Waals surface area contributed by atoms with Gasteiger partial charge in [0.05, 0.1) is 0 Å². The summed E-state index contributed by atoms with van der Waals surface area (Å²) in [5.74, 6) is 1.23. The zero-order chi connectivity index (χ0) is 9.14. The van der Waals surface area contributed by atoms with Gasteiger partial charge in [-0.2, -0.15) is 0 Å². The third kappa shape index (κ3) is 1.95. The molecule has 0 aliphatic heterocycles. The molecule has 1 rings (SSSR count). The largest absolute Gasteiger partial charge is 0.458 e. The van der Waals surface area contributed by atoms with Crippen molar-refractivity contribution >= 4 is 6.29 Å². The maximum absolute atomic E-state index is 10.5. The Morgan fingerprint density at radius 3 is 2.75 bits per heavy atom. The van der Waals surface area contributed by atoms with E-state index in [9.17, 15) is 4.79 Å². The van der Waals surface area contributed by atoms with E-state index in [0.29, 0.717) is 5.76 Å². The third-order valence-corrected chi connectivity index (χ3v) is 1.56. The third-order valence-electron chi connectivity index (χ3n) is 1.56. The topological polar surface area (TPSA) is 33.5 Å². The lowest BCUT2D eigenvalue weighted by Gasteiger charge is -2.06. The van der Waals surface area contributed by atoms with E-state index in [1.165, 1.54) is 0 Å². The first kappa shape index (κ1) is 9.00. The SMILES string of the molecule is Cc1cc(CN(C)C)c(C=O)o1. The summed E-state index contributed by atoms with van der Waals surface area (Å²) in [5, 5.41) is 0. The predicted molar refractivity (Wildman–Crippen MR) is 46.2 cm³/mol. The first-order valence-corrected chi connectivity index (χ1v) is 3.82. The average Bonchev–Trinajstić information content (AvgIpc) is 2.29. The number of rotatable bonds is 3. The number of hydrogen-bond donors (Lipinski definition) is 0. The molecule has 0 aromatic carbocycles. The minimum atomic E-state index is 0.446. The smallest absolute Gasteiger partial charge is 0.185 e. The van der Waals surface area contributed by atoms with Crippen molar-refractivity contribution < 1.29 is 9.21 Å². The molecule has 1 aromatic rings. The van der Waals surface area contributed by atoms with Crippen LogP contribution in [0.4, 0.5) is 0 Å². The van der Waals surface area contributed by atoms with Crippen molar-refractivity contribution in [2.45, 2.75) is 13.5 Å². The molecule has 0 fully saturated rings. The van der Waals surface area contributed by atoms with Gasteiger partial charge in [0.2, 0.25) is 0 Å². The van der Waals surface area contributed by atoms with Gasteiger partial charge in [-0.3, -0.25) is 4.79 Å². The molecule has 0 bridgehead atoms. The molecule has 0 spiro atoms. The normalized spacial score (nSPS) is 10.7. The number of carbonyl (C=O) groups is 1. The van der Waals surface area contributed by atoms with Gasteiger partial charge in [0.1, 0.15) is 5.76 Å². The number of nitrogens with zero attached hydrogens (tertiary/aromatic N) is 1. The van der Waals surface area contributed by atoms with Crippen LogP contribution in [0.5, 0.6) is 0 Å². The van der Waals surface area contributed by atoms with Gasteiger partial charge in [0.15, 0.2) is 12.0 Å². The molecule has 0 radical (unpaired) electrons. The number of furan rings is 1. The van der Waals surface area contributed by atoms with E-state index in [0.717, 1.165) is 24.2 Å². The summed E-state index contributed by atoms with van der Waals surface area (Å²) in [7, 11) is 3.91.